The number of ether oxygens (including phenoxy) is 1. The van der Waals surface area contributed by atoms with Gasteiger partial charge in [-0.05, 0) is 18.8 Å². The Hall–Kier alpha value is -1.82. The van der Waals surface area contributed by atoms with Crippen LogP contribution in [0.1, 0.15) is 12.8 Å². The monoisotopic (exact) mass is 219 g/mol. The van der Waals surface area contributed by atoms with Crippen LogP contribution in [0.15, 0.2) is 18.6 Å². The lowest BCUT2D eigenvalue weighted by Gasteiger charge is -2.07. The number of hydrogen-bond acceptors (Lipinski definition) is 5. The topological polar surface area (TPSA) is 77.5 Å². The van der Waals surface area contributed by atoms with E-state index in [4.69, 9.17) is 10.6 Å². The first-order valence-corrected chi connectivity index (χ1v) is 5.30. The van der Waals surface area contributed by atoms with E-state index in [2.05, 4.69) is 15.4 Å². The first kappa shape index (κ1) is 9.41. The van der Waals surface area contributed by atoms with Crippen molar-refractivity contribution in [1.29, 1.82) is 0 Å². The van der Waals surface area contributed by atoms with Crippen molar-refractivity contribution in [3.8, 4) is 5.88 Å². The van der Waals surface area contributed by atoms with E-state index in [1.807, 2.05) is 10.6 Å². The van der Waals surface area contributed by atoms with Crippen LogP contribution in [-0.4, -0.2) is 21.0 Å². The Kier molecular flexibility index (Phi) is 2.14. The van der Waals surface area contributed by atoms with Crippen LogP contribution in [0.2, 0.25) is 0 Å². The van der Waals surface area contributed by atoms with Gasteiger partial charge in [0.2, 0.25) is 5.65 Å². The van der Waals surface area contributed by atoms with Crippen molar-refractivity contribution in [2.45, 2.75) is 12.8 Å². The van der Waals surface area contributed by atoms with E-state index in [0.29, 0.717) is 24.2 Å². The van der Waals surface area contributed by atoms with Crippen LogP contribution >= 0.6 is 0 Å². The molecule has 0 spiro atoms. The molecule has 1 fully saturated rings. The van der Waals surface area contributed by atoms with Crippen LogP contribution in [0.4, 0.5) is 5.82 Å². The smallest absolute Gasteiger partial charge is 0.260 e. The second-order valence-corrected chi connectivity index (χ2v) is 3.99. The molecule has 6 heteroatoms. The van der Waals surface area contributed by atoms with Gasteiger partial charge in [0, 0.05) is 12.4 Å². The van der Waals surface area contributed by atoms with Gasteiger partial charge in [0.15, 0.2) is 5.82 Å². The van der Waals surface area contributed by atoms with Gasteiger partial charge in [-0.2, -0.15) is 4.98 Å². The number of nitrogen functional groups attached to an aromatic ring is 1. The average molecular weight is 219 g/mol. The van der Waals surface area contributed by atoms with Gasteiger partial charge in [-0.15, -0.1) is 0 Å². The Morgan fingerprint density at radius 2 is 2.44 bits per heavy atom. The summed E-state index contributed by atoms with van der Waals surface area (Å²) >= 11 is 0. The number of nitrogens with two attached hydrogens (primary N) is 1. The molecule has 0 atom stereocenters. The predicted molar refractivity (Wildman–Crippen MR) is 59.0 cm³/mol. The third-order valence-electron chi connectivity index (χ3n) is 2.64. The van der Waals surface area contributed by atoms with E-state index in [9.17, 15) is 0 Å². The maximum Gasteiger partial charge on any atom is 0.260 e. The number of anilines is 1. The zero-order chi connectivity index (χ0) is 11.0. The SMILES string of the molecule is NNc1cn2ccnc2c(OCC2CC2)n1. The maximum absolute atomic E-state index is 5.65. The highest BCUT2D eigenvalue weighted by Gasteiger charge is 2.23. The van der Waals surface area contributed by atoms with Gasteiger partial charge < -0.3 is 10.2 Å². The molecule has 16 heavy (non-hydrogen) atoms. The molecule has 6 nitrogen and oxygen atoms in total. The van der Waals surface area contributed by atoms with Crippen molar-refractivity contribution < 1.29 is 4.74 Å². The minimum absolute atomic E-state index is 0.535. The van der Waals surface area contributed by atoms with E-state index in [0.717, 1.165) is 5.65 Å². The van der Waals surface area contributed by atoms with Crippen molar-refractivity contribution in [2.24, 2.45) is 11.8 Å². The van der Waals surface area contributed by atoms with Gasteiger partial charge in [0.25, 0.3) is 5.88 Å². The van der Waals surface area contributed by atoms with Crippen LogP contribution < -0.4 is 16.0 Å². The van der Waals surface area contributed by atoms with Gasteiger partial charge >= 0.3 is 0 Å². The molecule has 1 aliphatic carbocycles. The number of fused-ring (bicyclic) bond motifs is 1. The molecule has 3 N–H and O–H groups in total. The van der Waals surface area contributed by atoms with E-state index >= 15 is 0 Å². The fraction of sp³-hybridized carbons (Fsp3) is 0.400. The normalized spacial score (nSPS) is 15.3. The predicted octanol–water partition coefficient (Wildman–Crippen LogP) is 0.804. The molecular weight excluding hydrogens is 206 g/mol. The molecule has 3 rings (SSSR count). The molecule has 0 amide bonds. The van der Waals surface area contributed by atoms with Crippen LogP contribution in [-0.2, 0) is 0 Å². The summed E-state index contributed by atoms with van der Waals surface area (Å²) in [6.45, 7) is 0.712. The second kappa shape index (κ2) is 3.64. The first-order chi connectivity index (χ1) is 7.86. The first-order valence-electron chi connectivity index (χ1n) is 5.30. The van der Waals surface area contributed by atoms with Crippen LogP contribution in [0, 0.1) is 5.92 Å². The standard InChI is InChI=1S/C10H13N5O/c11-14-8-5-15-4-3-12-9(15)10(13-8)16-6-7-1-2-7/h3-5,7,14H,1-2,6,11H2. The summed E-state index contributed by atoms with van der Waals surface area (Å²) < 4.78 is 7.49. The maximum atomic E-state index is 5.65. The zero-order valence-electron chi connectivity index (χ0n) is 8.76. The third kappa shape index (κ3) is 1.67. The van der Waals surface area contributed by atoms with Crippen molar-refractivity contribution in [1.82, 2.24) is 14.4 Å². The molecule has 1 saturated carbocycles. The number of rotatable bonds is 4. The van der Waals surface area contributed by atoms with E-state index in [1.54, 1.807) is 12.4 Å². The summed E-state index contributed by atoms with van der Waals surface area (Å²) in [6.07, 6.45) is 7.81. The zero-order valence-corrected chi connectivity index (χ0v) is 8.76. The molecule has 0 bridgehead atoms. The number of nitrogens with one attached hydrogen (secondary N) is 1. The van der Waals surface area contributed by atoms with E-state index < -0.39 is 0 Å². The number of hydrogen-bond donors (Lipinski definition) is 2. The largest absolute Gasteiger partial charge is 0.475 e. The lowest BCUT2D eigenvalue weighted by Crippen LogP contribution is -2.11. The number of aromatic nitrogens is 3. The Balaban J connectivity index is 1.94. The Morgan fingerprint density at radius 3 is 3.19 bits per heavy atom. The Morgan fingerprint density at radius 1 is 1.56 bits per heavy atom. The fourth-order valence-electron chi connectivity index (χ4n) is 1.55. The molecule has 0 aromatic carbocycles. The van der Waals surface area contributed by atoms with E-state index in [1.165, 1.54) is 12.8 Å². The molecule has 2 heterocycles. The number of nitrogens with zero attached hydrogens (tertiary/aromatic N) is 3. The van der Waals surface area contributed by atoms with Gasteiger partial charge in [0.1, 0.15) is 0 Å². The van der Waals surface area contributed by atoms with Crippen LogP contribution in [0.3, 0.4) is 0 Å². The molecule has 2 aromatic heterocycles. The molecule has 0 saturated heterocycles. The quantitative estimate of drug-likeness (QED) is 0.587. The summed E-state index contributed by atoms with van der Waals surface area (Å²) in [6, 6.07) is 0. The van der Waals surface area contributed by atoms with Gasteiger partial charge in [0.05, 0.1) is 12.8 Å². The second-order valence-electron chi connectivity index (χ2n) is 3.99. The minimum atomic E-state index is 0.535. The lowest BCUT2D eigenvalue weighted by atomic mass is 10.5. The van der Waals surface area contributed by atoms with Crippen LogP contribution in [0.5, 0.6) is 5.88 Å². The van der Waals surface area contributed by atoms with Crippen molar-refractivity contribution in [3.63, 3.8) is 0 Å². The van der Waals surface area contributed by atoms with Crippen molar-refractivity contribution >= 4 is 11.5 Å². The van der Waals surface area contributed by atoms with Crippen molar-refractivity contribution in [3.05, 3.63) is 18.6 Å². The summed E-state index contributed by atoms with van der Waals surface area (Å²) in [5.74, 6) is 7.13. The van der Waals surface area contributed by atoms with Crippen molar-refractivity contribution in [2.75, 3.05) is 12.0 Å². The minimum Gasteiger partial charge on any atom is -0.475 e. The Bertz CT molecular complexity index is 505. The highest BCUT2D eigenvalue weighted by atomic mass is 16.5. The summed E-state index contributed by atoms with van der Waals surface area (Å²) in [5, 5.41) is 0. The fourth-order valence-corrected chi connectivity index (χ4v) is 1.55. The van der Waals surface area contributed by atoms with Gasteiger partial charge in [-0.1, -0.05) is 0 Å². The Labute approximate surface area is 92.4 Å². The molecule has 0 aliphatic heterocycles. The average Bonchev–Trinajstić information content (AvgIpc) is 3.02. The molecular formula is C10H13N5O. The number of hydrazine groups is 1. The van der Waals surface area contributed by atoms with Crippen LogP contribution in [0.25, 0.3) is 5.65 Å². The third-order valence-corrected chi connectivity index (χ3v) is 2.64. The molecule has 1 aliphatic rings. The summed E-state index contributed by atoms with van der Waals surface area (Å²) in [4.78, 5) is 8.45. The highest BCUT2D eigenvalue weighted by molar-refractivity contribution is 5.53. The summed E-state index contributed by atoms with van der Waals surface area (Å²) in [7, 11) is 0. The lowest BCUT2D eigenvalue weighted by molar-refractivity contribution is 0.291. The highest BCUT2D eigenvalue weighted by Crippen LogP contribution is 2.30. The molecule has 0 unspecified atom stereocenters. The molecule has 2 aromatic rings. The number of imidazole rings is 1. The van der Waals surface area contributed by atoms with Gasteiger partial charge in [-0.25, -0.2) is 10.8 Å². The molecule has 84 valence electrons. The van der Waals surface area contributed by atoms with Gasteiger partial charge in [-0.3, -0.25) is 4.40 Å². The van der Waals surface area contributed by atoms with E-state index in [-0.39, 0.29) is 0 Å². The molecule has 0 radical (unpaired) electrons. The summed E-state index contributed by atoms with van der Waals surface area (Å²) in [5.41, 5.74) is 3.23.